The Morgan fingerprint density at radius 1 is 0.565 bits per heavy atom. The largest absolute Gasteiger partial charge is 0.494 e. The van der Waals surface area contributed by atoms with Crippen molar-refractivity contribution in [2.75, 3.05) is 126 Å². The van der Waals surface area contributed by atoms with Gasteiger partial charge in [0.05, 0.1) is 72.2 Å². The Morgan fingerprint density at radius 2 is 0.902 bits per heavy atom. The predicted octanol–water partition coefficient (Wildman–Crippen LogP) is 10.1. The maximum atomic E-state index is 13.2. The van der Waals surface area contributed by atoms with Crippen LogP contribution in [0.4, 0.5) is 72.4 Å². The van der Waals surface area contributed by atoms with Crippen LogP contribution in [0.1, 0.15) is 0 Å². The summed E-state index contributed by atoms with van der Waals surface area (Å²) >= 11 is 0. The number of methoxy groups -OCH3 is 2. The highest BCUT2D eigenvalue weighted by Crippen LogP contribution is 2.41. The van der Waals surface area contributed by atoms with Crippen LogP contribution in [0.25, 0.3) is 44.3 Å². The number of aromatic nitrogens is 6. The van der Waals surface area contributed by atoms with Gasteiger partial charge in [0.15, 0.2) is 0 Å². The number of amides is 2. The van der Waals surface area contributed by atoms with E-state index in [-0.39, 0.29) is 23.7 Å². The SMILES string of the molecule is C=CC(=O)Nc1cc(Nc2nccc(-c3cn(CC(F)(F)F)c4ccccc34)n2)c(OC)cc1N(C)CCN(C)C.C=CC(=O)Nc1cc(Nc2nccc(-c3cn(CC(F)(F)F)c4ccccc34)n2)c(OC)cc1N(C)CCN(C)C.CS(=O)(=O)O.CS(=O)(=O)O. The van der Waals surface area contributed by atoms with Crippen LogP contribution in [-0.2, 0) is 42.9 Å². The van der Waals surface area contributed by atoms with Crippen molar-refractivity contribution in [1.82, 2.24) is 38.9 Å². The van der Waals surface area contributed by atoms with E-state index in [1.165, 1.54) is 60.3 Å². The number of hydrogen-bond acceptors (Lipinski definition) is 18. The molecule has 0 unspecified atom stereocenters. The Morgan fingerprint density at radius 3 is 1.21 bits per heavy atom. The van der Waals surface area contributed by atoms with Crippen molar-refractivity contribution in [2.45, 2.75) is 25.4 Å². The van der Waals surface area contributed by atoms with E-state index in [0.29, 0.717) is 104 Å². The topological polar surface area (TPSA) is 284 Å². The monoisotopic (exact) mass is 1330 g/mol. The fourth-order valence-electron chi connectivity index (χ4n) is 8.74. The molecule has 8 rings (SSSR count). The maximum absolute atomic E-state index is 13.2. The van der Waals surface area contributed by atoms with Crippen LogP contribution in [0, 0.1) is 0 Å². The number of carbonyl (C=O) groups excluding carboxylic acids is 2. The lowest BCUT2D eigenvalue weighted by Crippen LogP contribution is -2.29. The molecule has 0 fully saturated rings. The minimum absolute atomic E-state index is 0.197. The van der Waals surface area contributed by atoms with E-state index >= 15 is 0 Å². The van der Waals surface area contributed by atoms with Gasteiger partial charge < -0.3 is 59.5 Å². The molecule has 4 aromatic carbocycles. The highest BCUT2D eigenvalue weighted by Gasteiger charge is 2.31. The van der Waals surface area contributed by atoms with Crippen molar-refractivity contribution in [3.63, 3.8) is 0 Å². The lowest BCUT2D eigenvalue weighted by molar-refractivity contribution is -0.140. The van der Waals surface area contributed by atoms with Gasteiger partial charge in [0.25, 0.3) is 20.2 Å². The summed E-state index contributed by atoms with van der Waals surface area (Å²) in [5.74, 6) is 0.591. The van der Waals surface area contributed by atoms with E-state index < -0.39 is 45.7 Å². The molecule has 0 radical (unpaired) electrons. The van der Waals surface area contributed by atoms with Crippen molar-refractivity contribution in [3.05, 3.63) is 135 Å². The van der Waals surface area contributed by atoms with Gasteiger partial charge >= 0.3 is 12.4 Å². The molecule has 4 aromatic heterocycles. The molecular formula is C60H72F6N14O10S2. The fourth-order valence-corrected chi connectivity index (χ4v) is 8.74. The van der Waals surface area contributed by atoms with Crippen LogP contribution in [-0.4, -0.2) is 184 Å². The number of ether oxygens (including phenoxy) is 2. The number of nitrogens with one attached hydrogen (secondary N) is 4. The van der Waals surface area contributed by atoms with Crippen molar-refractivity contribution in [3.8, 4) is 34.0 Å². The summed E-state index contributed by atoms with van der Waals surface area (Å²) < 4.78 is 145. The Kier molecular flexibility index (Phi) is 25.6. The molecule has 0 bridgehead atoms. The number of rotatable bonds is 22. The molecule has 0 saturated carbocycles. The van der Waals surface area contributed by atoms with Crippen LogP contribution in [0.15, 0.2) is 135 Å². The third-order valence-electron chi connectivity index (χ3n) is 12.7. The Balaban J connectivity index is 0.000000291. The number of fused-ring (bicyclic) bond motifs is 2. The molecule has 6 N–H and O–H groups in total. The Bertz CT molecular complexity index is 3830. The van der Waals surface area contributed by atoms with Gasteiger partial charge in [-0.15, -0.1) is 0 Å². The molecule has 0 aliphatic heterocycles. The normalized spacial score (nSPS) is 11.5. The number of nitrogens with zero attached hydrogens (tertiary/aromatic N) is 10. The second-order valence-electron chi connectivity index (χ2n) is 20.8. The van der Waals surface area contributed by atoms with Gasteiger partial charge in [-0.05, 0) is 76.7 Å². The fraction of sp³-hybridized carbons (Fsp3) is 0.300. The molecule has 496 valence electrons. The van der Waals surface area contributed by atoms with Crippen LogP contribution in [0.5, 0.6) is 11.5 Å². The van der Waals surface area contributed by atoms with E-state index in [2.05, 4.69) is 64.2 Å². The number of likely N-dealkylation sites (N-methyl/N-ethyl adjacent to an activating group) is 4. The standard InChI is InChI=1S/2C29H32F3N7O2.2CH4O3S/c2*1-6-27(40)34-22-15-23(26(41-5)16-25(22)38(4)14-13-37(2)3)36-28-33-12-11-21(35-28)20-17-39(18-29(30,31)32)24-10-8-7-9-19(20)24;2*1-5(2,3)4/h2*6-12,15-17H,1,13-14,18H2,2-5H3,(H,34,40)(H,33,35,36);2*1H3,(H,2,3,4). The lowest BCUT2D eigenvalue weighted by atomic mass is 10.1. The molecule has 8 aromatic rings. The lowest BCUT2D eigenvalue weighted by Gasteiger charge is -2.26. The van der Waals surface area contributed by atoms with Gasteiger partial charge in [-0.1, -0.05) is 49.6 Å². The van der Waals surface area contributed by atoms with Crippen molar-refractivity contribution in [2.24, 2.45) is 0 Å². The summed E-state index contributed by atoms with van der Waals surface area (Å²) in [5.41, 5.74) is 6.33. The molecule has 0 atom stereocenters. The average molecular weight is 1330 g/mol. The molecule has 24 nitrogen and oxygen atoms in total. The quantitative estimate of drug-likeness (QED) is 0.0209. The first-order valence-electron chi connectivity index (χ1n) is 27.4. The number of halogens is 6. The van der Waals surface area contributed by atoms with E-state index in [0.717, 1.165) is 24.5 Å². The number of para-hydroxylation sites is 2. The minimum atomic E-state index is -4.38. The molecular weight excluding hydrogens is 1250 g/mol. The second kappa shape index (κ2) is 32.1. The van der Waals surface area contributed by atoms with Crippen LogP contribution >= 0.6 is 0 Å². The van der Waals surface area contributed by atoms with Crippen molar-refractivity contribution in [1.29, 1.82) is 0 Å². The number of hydrogen-bond donors (Lipinski definition) is 6. The van der Waals surface area contributed by atoms with E-state index in [1.807, 2.05) is 52.1 Å². The molecule has 0 aliphatic rings. The zero-order valence-corrected chi connectivity index (χ0v) is 53.6. The summed E-state index contributed by atoms with van der Waals surface area (Å²) in [5, 5.41) is 13.2. The first-order valence-corrected chi connectivity index (χ1v) is 31.0. The average Bonchev–Trinajstić information content (AvgIpc) is 1.58. The van der Waals surface area contributed by atoms with Crippen LogP contribution < -0.4 is 40.5 Å². The van der Waals surface area contributed by atoms with Gasteiger partial charge in [0.1, 0.15) is 24.6 Å². The minimum Gasteiger partial charge on any atom is -0.494 e. The first kappa shape index (κ1) is 73.4. The third-order valence-corrected chi connectivity index (χ3v) is 12.7. The van der Waals surface area contributed by atoms with Crippen LogP contribution in [0.2, 0.25) is 0 Å². The number of carbonyl (C=O) groups is 2. The molecule has 2 amide bonds. The summed E-state index contributed by atoms with van der Waals surface area (Å²) in [7, 11) is 7.45. The summed E-state index contributed by atoms with van der Waals surface area (Å²) in [6.07, 6.45) is 0.996. The van der Waals surface area contributed by atoms with E-state index in [4.69, 9.17) is 18.6 Å². The zero-order chi connectivity index (χ0) is 68.5. The van der Waals surface area contributed by atoms with E-state index in [1.54, 1.807) is 84.9 Å². The zero-order valence-electron chi connectivity index (χ0n) is 51.9. The highest BCUT2D eigenvalue weighted by molar-refractivity contribution is 7.85. The smallest absolute Gasteiger partial charge is 0.406 e. The molecule has 92 heavy (non-hydrogen) atoms. The van der Waals surface area contributed by atoms with Crippen molar-refractivity contribution >= 4 is 99.9 Å². The number of alkyl halides is 6. The highest BCUT2D eigenvalue weighted by atomic mass is 32.2. The van der Waals surface area contributed by atoms with Crippen LogP contribution in [0.3, 0.4) is 0 Å². The molecule has 0 aliphatic carbocycles. The summed E-state index contributed by atoms with van der Waals surface area (Å²) in [6, 6.07) is 24.0. The Hall–Kier alpha value is -9.34. The van der Waals surface area contributed by atoms with Gasteiger partial charge in [-0.25, -0.2) is 19.9 Å². The number of anilines is 8. The third kappa shape index (κ3) is 23.2. The Labute approximate surface area is 528 Å². The molecule has 0 saturated heterocycles. The predicted molar refractivity (Wildman–Crippen MR) is 347 cm³/mol. The summed E-state index contributed by atoms with van der Waals surface area (Å²) in [4.78, 5) is 50.4. The van der Waals surface area contributed by atoms with E-state index in [9.17, 15) is 52.8 Å². The molecule has 4 heterocycles. The van der Waals surface area contributed by atoms with Gasteiger partial charge in [-0.3, -0.25) is 18.7 Å². The van der Waals surface area contributed by atoms with Gasteiger partial charge in [-0.2, -0.15) is 43.2 Å². The first-order chi connectivity index (χ1) is 43.0. The maximum Gasteiger partial charge on any atom is 0.406 e. The second-order valence-corrected chi connectivity index (χ2v) is 23.8. The van der Waals surface area contributed by atoms with Gasteiger partial charge in [0, 0.05) is 110 Å². The molecule has 0 spiro atoms. The molecule has 32 heteroatoms. The summed E-state index contributed by atoms with van der Waals surface area (Å²) in [6.45, 7) is 7.79. The van der Waals surface area contributed by atoms with Crippen molar-refractivity contribution < 1.29 is 71.3 Å². The van der Waals surface area contributed by atoms with Gasteiger partial charge in [0.2, 0.25) is 23.7 Å². The number of benzene rings is 4.